The first-order valence-electron chi connectivity index (χ1n) is 12.1. The molecule has 5 rings (SSSR count). The highest BCUT2D eigenvalue weighted by atomic mass is 79.9. The zero-order valence-corrected chi connectivity index (χ0v) is 23.0. The molecule has 190 valence electrons. The maximum atomic E-state index is 13.3. The Hall–Kier alpha value is -3.30. The van der Waals surface area contributed by atoms with Gasteiger partial charge in [0, 0.05) is 16.5 Å². The molecule has 1 atom stereocenters. The van der Waals surface area contributed by atoms with E-state index in [0.717, 1.165) is 44.8 Å². The minimum atomic E-state index is -0.550. The Balaban J connectivity index is 1.54. The predicted octanol–water partition coefficient (Wildman–Crippen LogP) is 4.71. The summed E-state index contributed by atoms with van der Waals surface area (Å²) in [6.45, 7) is 2.55. The van der Waals surface area contributed by atoms with Crippen LogP contribution in [-0.2, 0) is 11.4 Å². The van der Waals surface area contributed by atoms with Crippen LogP contribution in [0.3, 0.4) is 0 Å². The van der Waals surface area contributed by atoms with Crippen LogP contribution in [0, 0.1) is 0 Å². The second-order valence-corrected chi connectivity index (χ2v) is 10.5. The Morgan fingerprint density at radius 2 is 1.89 bits per heavy atom. The summed E-state index contributed by atoms with van der Waals surface area (Å²) in [5, 5.41) is 11.6. The molecule has 9 heteroatoms. The normalized spacial score (nSPS) is 16.2. The second kappa shape index (κ2) is 11.4. The first-order chi connectivity index (χ1) is 18.1. The molecule has 0 bridgehead atoms. The molecule has 7 nitrogen and oxygen atoms in total. The van der Waals surface area contributed by atoms with Gasteiger partial charge in [-0.2, -0.15) is 0 Å². The summed E-state index contributed by atoms with van der Waals surface area (Å²) >= 11 is 5.22. The van der Waals surface area contributed by atoms with Crippen LogP contribution in [0.2, 0.25) is 0 Å². The molecular formula is C28H27BrN4O3S. The average molecular weight is 580 g/mol. The average Bonchev–Trinajstić information content (AvgIpc) is 2.92. The van der Waals surface area contributed by atoms with Gasteiger partial charge >= 0.3 is 0 Å². The molecule has 0 spiro atoms. The van der Waals surface area contributed by atoms with Crippen molar-refractivity contribution in [1.82, 2.24) is 10.3 Å². The van der Waals surface area contributed by atoms with E-state index in [-0.39, 0.29) is 5.91 Å². The van der Waals surface area contributed by atoms with Crippen LogP contribution in [0.25, 0.3) is 5.70 Å². The number of hydrazone groups is 1. The molecule has 2 heterocycles. The van der Waals surface area contributed by atoms with Gasteiger partial charge in [0.15, 0.2) is 22.8 Å². The highest BCUT2D eigenvalue weighted by Crippen LogP contribution is 2.41. The summed E-state index contributed by atoms with van der Waals surface area (Å²) in [6, 6.07) is 21.5. The topological polar surface area (TPSA) is 75.5 Å². The number of unbranched alkanes of at least 4 members (excludes halogenated alkanes) is 1. The lowest BCUT2D eigenvalue weighted by atomic mass is 10.1. The third-order valence-electron chi connectivity index (χ3n) is 6.03. The highest BCUT2D eigenvalue weighted by molar-refractivity contribution is 9.10. The van der Waals surface area contributed by atoms with Gasteiger partial charge in [-0.1, -0.05) is 73.6 Å². The van der Waals surface area contributed by atoms with Crippen molar-refractivity contribution in [2.45, 2.75) is 32.5 Å². The molecule has 37 heavy (non-hydrogen) atoms. The minimum Gasteiger partial charge on any atom is -0.493 e. The number of carbonyl (C=O) groups is 1. The van der Waals surface area contributed by atoms with Crippen LogP contribution >= 0.6 is 27.7 Å². The number of thioether (sulfide) groups is 1. The molecule has 0 fully saturated rings. The van der Waals surface area contributed by atoms with E-state index in [0.29, 0.717) is 29.0 Å². The zero-order chi connectivity index (χ0) is 25.8. The number of nitrogens with zero attached hydrogens (tertiary/aromatic N) is 3. The van der Waals surface area contributed by atoms with Crippen molar-refractivity contribution in [2.24, 2.45) is 10.1 Å². The molecular weight excluding hydrogens is 552 g/mol. The molecule has 0 saturated carbocycles. The first-order valence-corrected chi connectivity index (χ1v) is 13.9. The van der Waals surface area contributed by atoms with Gasteiger partial charge in [0.1, 0.15) is 12.3 Å². The van der Waals surface area contributed by atoms with Gasteiger partial charge < -0.3 is 9.47 Å². The van der Waals surface area contributed by atoms with E-state index < -0.39 is 6.17 Å². The summed E-state index contributed by atoms with van der Waals surface area (Å²) in [6.07, 6.45) is 1.57. The molecule has 1 N–H and O–H groups in total. The number of amidine groups is 1. The van der Waals surface area contributed by atoms with Crippen molar-refractivity contribution >= 4 is 44.5 Å². The first kappa shape index (κ1) is 25.4. The van der Waals surface area contributed by atoms with Gasteiger partial charge in [-0.3, -0.25) is 15.1 Å². The van der Waals surface area contributed by atoms with E-state index in [1.807, 2.05) is 66.7 Å². The number of ether oxygens (including phenoxy) is 2. The number of halogens is 1. The summed E-state index contributed by atoms with van der Waals surface area (Å²) in [4.78, 5) is 18.3. The molecule has 1 amide bonds. The minimum absolute atomic E-state index is 0.185. The van der Waals surface area contributed by atoms with E-state index in [1.165, 1.54) is 0 Å². The highest BCUT2D eigenvalue weighted by Gasteiger charge is 2.35. The predicted molar refractivity (Wildman–Crippen MR) is 150 cm³/mol. The maximum absolute atomic E-state index is 13.3. The van der Waals surface area contributed by atoms with Gasteiger partial charge in [0.25, 0.3) is 5.91 Å². The Morgan fingerprint density at radius 3 is 2.68 bits per heavy atom. The fourth-order valence-electron chi connectivity index (χ4n) is 4.18. The van der Waals surface area contributed by atoms with Gasteiger partial charge in [-0.15, -0.1) is 5.10 Å². The molecule has 0 aliphatic carbocycles. The van der Waals surface area contributed by atoms with Gasteiger partial charge in [0.05, 0.1) is 16.9 Å². The number of fused-ring (bicyclic) bond motifs is 2. The van der Waals surface area contributed by atoms with E-state index in [9.17, 15) is 4.79 Å². The van der Waals surface area contributed by atoms with Crippen molar-refractivity contribution in [3.8, 4) is 11.5 Å². The second-order valence-electron chi connectivity index (χ2n) is 8.58. The molecule has 0 aromatic heterocycles. The van der Waals surface area contributed by atoms with Crippen molar-refractivity contribution < 1.29 is 14.3 Å². The lowest BCUT2D eigenvalue weighted by molar-refractivity contribution is -0.116. The lowest BCUT2D eigenvalue weighted by Crippen LogP contribution is -2.50. The number of methoxy groups -OCH3 is 1. The quantitative estimate of drug-likeness (QED) is 0.392. The number of hydrogen-bond donors (Lipinski definition) is 1. The summed E-state index contributed by atoms with van der Waals surface area (Å²) in [5.41, 5.74) is 2.36. The summed E-state index contributed by atoms with van der Waals surface area (Å²) in [7, 11) is 1.61. The van der Waals surface area contributed by atoms with Crippen LogP contribution in [-0.4, -0.2) is 28.9 Å². The number of hydrogen-bond acceptors (Lipinski definition) is 7. The maximum Gasteiger partial charge on any atom is 0.276 e. The fourth-order valence-corrected chi connectivity index (χ4v) is 5.69. The summed E-state index contributed by atoms with van der Waals surface area (Å²) < 4.78 is 12.6. The Kier molecular flexibility index (Phi) is 7.81. The lowest BCUT2D eigenvalue weighted by Gasteiger charge is -2.34. The molecule has 0 radical (unpaired) electrons. The molecule has 1 unspecified atom stereocenters. The number of nitrogens with one attached hydrogen (secondary N) is 1. The largest absolute Gasteiger partial charge is 0.493 e. The Bertz CT molecular complexity index is 1460. The molecule has 2 aliphatic heterocycles. The van der Waals surface area contributed by atoms with E-state index in [4.69, 9.17) is 19.6 Å². The standard InChI is InChI=1S/C28H27BrN4O3S/c1-3-4-14-37-28-31-27(34)24-20-12-8-9-13-22(20)30-26(33(24)32-28)19-15-21(29)25(23(16-19)35-2)36-17-18-10-6-5-7-11-18/h5-13,15-16,26H,3-4,14,17H2,1-2H3,(H,31,32,34). The van der Waals surface area contributed by atoms with E-state index in [1.54, 1.807) is 23.9 Å². The summed E-state index contributed by atoms with van der Waals surface area (Å²) in [5.74, 6) is 1.87. The fraction of sp³-hybridized carbons (Fsp3) is 0.250. The van der Waals surface area contributed by atoms with Crippen LogP contribution < -0.4 is 25.4 Å². The van der Waals surface area contributed by atoms with Crippen LogP contribution in [0.5, 0.6) is 11.5 Å². The van der Waals surface area contributed by atoms with Crippen molar-refractivity contribution in [1.29, 1.82) is 0 Å². The van der Waals surface area contributed by atoms with Gasteiger partial charge in [-0.05, 0) is 46.1 Å². The SMILES string of the molecule is CCCCSC1=NN2C(=c3ccccc3=NC2c2cc(Br)c(OCc3ccccc3)c(OC)c2)C(=O)N1. The van der Waals surface area contributed by atoms with Crippen molar-refractivity contribution in [3.05, 3.63) is 92.9 Å². The van der Waals surface area contributed by atoms with E-state index in [2.05, 4.69) is 28.2 Å². The smallest absolute Gasteiger partial charge is 0.276 e. The third-order valence-corrected chi connectivity index (χ3v) is 7.57. The number of para-hydroxylation sites is 1. The van der Waals surface area contributed by atoms with Crippen molar-refractivity contribution in [2.75, 3.05) is 12.9 Å². The van der Waals surface area contributed by atoms with Gasteiger partial charge in [-0.25, -0.2) is 5.01 Å². The zero-order valence-electron chi connectivity index (χ0n) is 20.6. The van der Waals surface area contributed by atoms with Crippen LogP contribution in [0.15, 0.2) is 81.3 Å². The molecule has 3 aromatic carbocycles. The monoisotopic (exact) mass is 578 g/mol. The molecule has 3 aromatic rings. The van der Waals surface area contributed by atoms with Crippen LogP contribution in [0.4, 0.5) is 0 Å². The van der Waals surface area contributed by atoms with Crippen LogP contribution in [0.1, 0.15) is 37.1 Å². The number of amides is 1. The Morgan fingerprint density at radius 1 is 1.11 bits per heavy atom. The Labute approximate surface area is 228 Å². The van der Waals surface area contributed by atoms with Crippen molar-refractivity contribution in [3.63, 3.8) is 0 Å². The van der Waals surface area contributed by atoms with E-state index >= 15 is 0 Å². The number of benzene rings is 3. The number of rotatable bonds is 8. The number of carbonyl (C=O) groups excluding carboxylic acids is 1. The third kappa shape index (κ3) is 5.38. The van der Waals surface area contributed by atoms with Gasteiger partial charge in [0.2, 0.25) is 0 Å². The molecule has 2 aliphatic rings. The molecule has 0 saturated heterocycles.